The van der Waals surface area contributed by atoms with Crippen molar-refractivity contribution in [3.05, 3.63) is 0 Å². The SMILES string of the molecule is C#CCCCNC(C)C(=O)NCC. The minimum Gasteiger partial charge on any atom is -0.355 e. The molecule has 2 N–H and O–H groups in total. The second kappa shape index (κ2) is 7.63. The van der Waals surface area contributed by atoms with Crippen molar-refractivity contribution in [1.29, 1.82) is 0 Å². The molecule has 0 fully saturated rings. The van der Waals surface area contributed by atoms with Crippen LogP contribution in [0, 0.1) is 12.3 Å². The third-order valence-corrected chi connectivity index (χ3v) is 1.69. The van der Waals surface area contributed by atoms with Gasteiger partial charge in [-0.05, 0) is 26.8 Å². The zero-order chi connectivity index (χ0) is 10.1. The van der Waals surface area contributed by atoms with Gasteiger partial charge in [0.15, 0.2) is 0 Å². The molecule has 0 aliphatic heterocycles. The molecule has 0 aliphatic rings. The van der Waals surface area contributed by atoms with Crippen LogP contribution in [0.1, 0.15) is 26.7 Å². The van der Waals surface area contributed by atoms with E-state index in [1.165, 1.54) is 0 Å². The number of carbonyl (C=O) groups is 1. The van der Waals surface area contributed by atoms with Crippen molar-refractivity contribution in [3.8, 4) is 12.3 Å². The maximum Gasteiger partial charge on any atom is 0.236 e. The third-order valence-electron chi connectivity index (χ3n) is 1.69. The van der Waals surface area contributed by atoms with E-state index in [0.717, 1.165) is 19.4 Å². The van der Waals surface area contributed by atoms with E-state index in [4.69, 9.17) is 6.42 Å². The largest absolute Gasteiger partial charge is 0.355 e. The normalized spacial score (nSPS) is 11.8. The minimum absolute atomic E-state index is 0.0446. The number of hydrogen-bond acceptors (Lipinski definition) is 2. The van der Waals surface area contributed by atoms with Gasteiger partial charge in [0, 0.05) is 13.0 Å². The van der Waals surface area contributed by atoms with Crippen molar-refractivity contribution >= 4 is 5.91 Å². The summed E-state index contributed by atoms with van der Waals surface area (Å²) in [5, 5.41) is 5.84. The standard InChI is InChI=1S/C10H18N2O/c1-4-6-7-8-12-9(3)10(13)11-5-2/h1,9,12H,5-8H2,2-3H3,(H,11,13). The van der Waals surface area contributed by atoms with Crippen molar-refractivity contribution in [3.63, 3.8) is 0 Å². The van der Waals surface area contributed by atoms with Crippen LogP contribution in [0.3, 0.4) is 0 Å². The van der Waals surface area contributed by atoms with E-state index in [0.29, 0.717) is 6.54 Å². The predicted octanol–water partition coefficient (Wildman–Crippen LogP) is 0.514. The van der Waals surface area contributed by atoms with Crippen LogP contribution in [0.5, 0.6) is 0 Å². The smallest absolute Gasteiger partial charge is 0.236 e. The highest BCUT2D eigenvalue weighted by molar-refractivity contribution is 5.81. The Bertz CT molecular complexity index is 184. The zero-order valence-electron chi connectivity index (χ0n) is 8.39. The molecule has 0 heterocycles. The lowest BCUT2D eigenvalue weighted by molar-refractivity contribution is -0.122. The number of nitrogens with one attached hydrogen (secondary N) is 2. The molecule has 0 aromatic carbocycles. The molecule has 0 saturated heterocycles. The van der Waals surface area contributed by atoms with Crippen LogP contribution in [-0.2, 0) is 4.79 Å². The average molecular weight is 182 g/mol. The first-order valence-corrected chi connectivity index (χ1v) is 4.67. The van der Waals surface area contributed by atoms with Gasteiger partial charge in [-0.1, -0.05) is 0 Å². The zero-order valence-corrected chi connectivity index (χ0v) is 8.39. The summed E-state index contributed by atoms with van der Waals surface area (Å²) in [5.74, 6) is 2.60. The molecule has 0 rings (SSSR count). The Morgan fingerprint density at radius 1 is 1.62 bits per heavy atom. The Morgan fingerprint density at radius 3 is 2.85 bits per heavy atom. The number of terminal acetylenes is 1. The van der Waals surface area contributed by atoms with Crippen LogP contribution >= 0.6 is 0 Å². The molecule has 1 amide bonds. The molecule has 13 heavy (non-hydrogen) atoms. The maximum atomic E-state index is 11.2. The second-order valence-corrected chi connectivity index (χ2v) is 2.88. The summed E-state index contributed by atoms with van der Waals surface area (Å²) in [6.45, 7) is 5.22. The Hall–Kier alpha value is -1.01. The highest BCUT2D eigenvalue weighted by Crippen LogP contribution is 1.86. The van der Waals surface area contributed by atoms with Crippen LogP contribution < -0.4 is 10.6 Å². The van der Waals surface area contributed by atoms with E-state index in [9.17, 15) is 4.79 Å². The van der Waals surface area contributed by atoms with Crippen molar-refractivity contribution < 1.29 is 4.79 Å². The predicted molar refractivity (Wildman–Crippen MR) is 54.2 cm³/mol. The van der Waals surface area contributed by atoms with Gasteiger partial charge >= 0.3 is 0 Å². The average Bonchev–Trinajstić information content (AvgIpc) is 2.12. The summed E-state index contributed by atoms with van der Waals surface area (Å²) in [6, 6.07) is -0.127. The lowest BCUT2D eigenvalue weighted by Crippen LogP contribution is -2.42. The number of unbranched alkanes of at least 4 members (excludes halogenated alkanes) is 1. The first-order valence-electron chi connectivity index (χ1n) is 4.67. The molecule has 1 unspecified atom stereocenters. The topological polar surface area (TPSA) is 41.1 Å². The Kier molecular flexibility index (Phi) is 7.04. The molecule has 0 spiro atoms. The molecule has 74 valence electrons. The summed E-state index contributed by atoms with van der Waals surface area (Å²) >= 11 is 0. The molecule has 0 bridgehead atoms. The van der Waals surface area contributed by atoms with Gasteiger partial charge in [-0.3, -0.25) is 4.79 Å². The summed E-state index contributed by atoms with van der Waals surface area (Å²) in [5.41, 5.74) is 0. The first-order chi connectivity index (χ1) is 6.22. The van der Waals surface area contributed by atoms with Gasteiger partial charge in [-0.15, -0.1) is 12.3 Å². The Balaban J connectivity index is 3.45. The molecule has 3 nitrogen and oxygen atoms in total. The second-order valence-electron chi connectivity index (χ2n) is 2.88. The van der Waals surface area contributed by atoms with Crippen LogP contribution in [0.4, 0.5) is 0 Å². The van der Waals surface area contributed by atoms with E-state index in [1.54, 1.807) is 0 Å². The molecule has 0 radical (unpaired) electrons. The van der Waals surface area contributed by atoms with E-state index < -0.39 is 0 Å². The Morgan fingerprint density at radius 2 is 2.31 bits per heavy atom. The number of rotatable bonds is 6. The highest BCUT2D eigenvalue weighted by Gasteiger charge is 2.09. The van der Waals surface area contributed by atoms with Gasteiger partial charge in [0.25, 0.3) is 0 Å². The summed E-state index contributed by atoms with van der Waals surface area (Å²) in [6.07, 6.45) is 6.77. The summed E-state index contributed by atoms with van der Waals surface area (Å²) in [7, 11) is 0. The van der Waals surface area contributed by atoms with Crippen LogP contribution in [0.2, 0.25) is 0 Å². The third kappa shape index (κ3) is 6.18. The van der Waals surface area contributed by atoms with Crippen molar-refractivity contribution in [2.45, 2.75) is 32.7 Å². The number of amides is 1. The summed E-state index contributed by atoms with van der Waals surface area (Å²) in [4.78, 5) is 11.2. The van der Waals surface area contributed by atoms with Gasteiger partial charge < -0.3 is 10.6 Å². The molecular formula is C10H18N2O. The van der Waals surface area contributed by atoms with Gasteiger partial charge in [-0.25, -0.2) is 0 Å². The fourth-order valence-corrected chi connectivity index (χ4v) is 0.929. The van der Waals surface area contributed by atoms with Crippen LogP contribution in [-0.4, -0.2) is 25.0 Å². The van der Waals surface area contributed by atoms with E-state index in [-0.39, 0.29) is 11.9 Å². The first kappa shape index (κ1) is 12.0. The minimum atomic E-state index is -0.127. The number of hydrogen-bond donors (Lipinski definition) is 2. The fourth-order valence-electron chi connectivity index (χ4n) is 0.929. The maximum absolute atomic E-state index is 11.2. The molecule has 0 aromatic rings. The lowest BCUT2D eigenvalue weighted by atomic mass is 10.2. The Labute approximate surface area is 80.3 Å². The van der Waals surface area contributed by atoms with Crippen molar-refractivity contribution in [2.75, 3.05) is 13.1 Å². The van der Waals surface area contributed by atoms with E-state index in [1.807, 2.05) is 13.8 Å². The van der Waals surface area contributed by atoms with Gasteiger partial charge in [0.05, 0.1) is 6.04 Å². The van der Waals surface area contributed by atoms with Crippen molar-refractivity contribution in [1.82, 2.24) is 10.6 Å². The number of carbonyl (C=O) groups excluding carboxylic acids is 1. The monoisotopic (exact) mass is 182 g/mol. The molecule has 0 aliphatic carbocycles. The molecule has 0 aromatic heterocycles. The molecule has 3 heteroatoms. The van der Waals surface area contributed by atoms with Gasteiger partial charge in [0.1, 0.15) is 0 Å². The van der Waals surface area contributed by atoms with E-state index >= 15 is 0 Å². The van der Waals surface area contributed by atoms with Gasteiger partial charge in [-0.2, -0.15) is 0 Å². The van der Waals surface area contributed by atoms with Gasteiger partial charge in [0.2, 0.25) is 5.91 Å². The van der Waals surface area contributed by atoms with E-state index in [2.05, 4.69) is 16.6 Å². The molecular weight excluding hydrogens is 164 g/mol. The van der Waals surface area contributed by atoms with Crippen LogP contribution in [0.25, 0.3) is 0 Å². The highest BCUT2D eigenvalue weighted by atomic mass is 16.2. The summed E-state index contributed by atoms with van der Waals surface area (Å²) < 4.78 is 0. The number of likely N-dealkylation sites (N-methyl/N-ethyl adjacent to an activating group) is 1. The quantitative estimate of drug-likeness (QED) is 0.464. The fraction of sp³-hybridized carbons (Fsp3) is 0.700. The molecule has 0 saturated carbocycles. The molecule has 1 atom stereocenters. The lowest BCUT2D eigenvalue weighted by Gasteiger charge is -2.12. The van der Waals surface area contributed by atoms with Crippen LogP contribution in [0.15, 0.2) is 0 Å². The van der Waals surface area contributed by atoms with Crippen molar-refractivity contribution in [2.24, 2.45) is 0 Å².